The molecule has 1 aromatic rings. The minimum Gasteiger partial charge on any atom is -0.326 e. The van der Waals surface area contributed by atoms with Crippen molar-refractivity contribution in [1.82, 2.24) is 0 Å². The zero-order valence-electron chi connectivity index (χ0n) is 8.75. The predicted molar refractivity (Wildman–Crippen MR) is 57.7 cm³/mol. The van der Waals surface area contributed by atoms with E-state index in [1.54, 1.807) is 0 Å². The van der Waals surface area contributed by atoms with Crippen molar-refractivity contribution in [2.45, 2.75) is 32.2 Å². The van der Waals surface area contributed by atoms with Gasteiger partial charge in [-0.25, -0.2) is 0 Å². The maximum absolute atomic E-state index is 8.72. The van der Waals surface area contributed by atoms with E-state index in [0.717, 1.165) is 18.4 Å². The third kappa shape index (κ3) is 3.59. The van der Waals surface area contributed by atoms with E-state index in [-0.39, 0.29) is 5.54 Å². The second-order valence-corrected chi connectivity index (χ2v) is 4.30. The lowest BCUT2D eigenvalue weighted by Gasteiger charge is -2.17. The van der Waals surface area contributed by atoms with Crippen LogP contribution in [0.25, 0.3) is 0 Å². The van der Waals surface area contributed by atoms with Crippen LogP contribution in [0.3, 0.4) is 0 Å². The van der Waals surface area contributed by atoms with Gasteiger partial charge in [0.2, 0.25) is 0 Å². The van der Waals surface area contributed by atoms with E-state index in [9.17, 15) is 0 Å². The molecule has 0 saturated heterocycles. The van der Waals surface area contributed by atoms with Gasteiger partial charge in [0.1, 0.15) is 0 Å². The first kappa shape index (κ1) is 10.7. The molecule has 1 aromatic carbocycles. The molecule has 0 aromatic heterocycles. The molecule has 2 heteroatoms. The molecule has 0 aliphatic heterocycles. The Hall–Kier alpha value is -1.33. The smallest absolute Gasteiger partial charge is 0.0991 e. The molecule has 2 nitrogen and oxygen atoms in total. The van der Waals surface area contributed by atoms with Gasteiger partial charge in [-0.1, -0.05) is 12.1 Å². The summed E-state index contributed by atoms with van der Waals surface area (Å²) in [6.45, 7) is 4.03. The minimum absolute atomic E-state index is 0.136. The molecule has 0 amide bonds. The Morgan fingerprint density at radius 3 is 2.71 bits per heavy atom. The highest BCUT2D eigenvalue weighted by Crippen LogP contribution is 2.12. The van der Waals surface area contributed by atoms with Crippen LogP contribution in [0.1, 0.15) is 31.4 Å². The minimum atomic E-state index is -0.136. The topological polar surface area (TPSA) is 49.8 Å². The van der Waals surface area contributed by atoms with Gasteiger partial charge in [-0.2, -0.15) is 5.26 Å². The zero-order valence-corrected chi connectivity index (χ0v) is 8.75. The fourth-order valence-corrected chi connectivity index (χ4v) is 1.26. The number of nitriles is 1. The third-order valence-corrected chi connectivity index (χ3v) is 2.11. The number of aryl methyl sites for hydroxylation is 1. The Labute approximate surface area is 85.4 Å². The van der Waals surface area contributed by atoms with Gasteiger partial charge in [-0.15, -0.1) is 0 Å². The van der Waals surface area contributed by atoms with E-state index in [1.807, 2.05) is 38.1 Å². The molecule has 0 atom stereocenters. The van der Waals surface area contributed by atoms with Crippen LogP contribution in [0.15, 0.2) is 24.3 Å². The molecular weight excluding hydrogens is 172 g/mol. The van der Waals surface area contributed by atoms with E-state index in [0.29, 0.717) is 0 Å². The Bertz CT molecular complexity index is 342. The molecule has 0 aliphatic rings. The highest BCUT2D eigenvalue weighted by molar-refractivity contribution is 5.32. The van der Waals surface area contributed by atoms with Crippen molar-refractivity contribution in [1.29, 1.82) is 5.26 Å². The lowest BCUT2D eigenvalue weighted by atomic mass is 9.96. The molecule has 0 aliphatic carbocycles. The first-order valence-electron chi connectivity index (χ1n) is 4.79. The Kier molecular flexibility index (Phi) is 3.27. The molecule has 1 rings (SSSR count). The lowest BCUT2D eigenvalue weighted by Crippen LogP contribution is -2.32. The maximum atomic E-state index is 8.72. The predicted octanol–water partition coefficient (Wildman–Crippen LogP) is 2.23. The third-order valence-electron chi connectivity index (χ3n) is 2.11. The monoisotopic (exact) mass is 188 g/mol. The van der Waals surface area contributed by atoms with Gasteiger partial charge in [0.25, 0.3) is 0 Å². The van der Waals surface area contributed by atoms with Gasteiger partial charge in [-0.05, 0) is 44.4 Å². The molecule has 2 N–H and O–H groups in total. The average Bonchev–Trinajstić information content (AvgIpc) is 2.14. The summed E-state index contributed by atoms with van der Waals surface area (Å²) >= 11 is 0. The van der Waals surface area contributed by atoms with Crippen LogP contribution in [0, 0.1) is 11.3 Å². The molecule has 0 saturated carbocycles. The summed E-state index contributed by atoms with van der Waals surface area (Å²) in [6, 6.07) is 9.82. The first-order chi connectivity index (χ1) is 6.51. The highest BCUT2D eigenvalue weighted by atomic mass is 14.7. The fraction of sp³-hybridized carbons (Fsp3) is 0.417. The number of nitrogens with zero attached hydrogens (tertiary/aromatic N) is 1. The second kappa shape index (κ2) is 4.26. The van der Waals surface area contributed by atoms with E-state index in [4.69, 9.17) is 11.0 Å². The van der Waals surface area contributed by atoms with Gasteiger partial charge in [0, 0.05) is 5.54 Å². The molecule has 0 unspecified atom stereocenters. The van der Waals surface area contributed by atoms with Crippen molar-refractivity contribution >= 4 is 0 Å². The second-order valence-electron chi connectivity index (χ2n) is 4.30. The first-order valence-corrected chi connectivity index (χ1v) is 4.79. The number of rotatable bonds is 3. The Morgan fingerprint density at radius 1 is 1.43 bits per heavy atom. The van der Waals surface area contributed by atoms with Gasteiger partial charge in [0.05, 0.1) is 11.6 Å². The normalized spacial score (nSPS) is 11.0. The summed E-state index contributed by atoms with van der Waals surface area (Å²) < 4.78 is 0. The molecule has 0 radical (unpaired) electrons. The highest BCUT2D eigenvalue weighted by Gasteiger charge is 2.10. The quantitative estimate of drug-likeness (QED) is 0.790. The molecule has 0 spiro atoms. The van der Waals surface area contributed by atoms with Gasteiger partial charge >= 0.3 is 0 Å². The summed E-state index contributed by atoms with van der Waals surface area (Å²) in [5.74, 6) is 0. The van der Waals surface area contributed by atoms with Crippen LogP contribution >= 0.6 is 0 Å². The van der Waals surface area contributed by atoms with Gasteiger partial charge in [0.15, 0.2) is 0 Å². The molecule has 0 heterocycles. The largest absolute Gasteiger partial charge is 0.326 e. The van der Waals surface area contributed by atoms with Gasteiger partial charge in [-0.3, -0.25) is 0 Å². The standard InChI is InChI=1S/C12H16N2/c1-12(2,14)7-6-10-4-3-5-11(8-10)9-13/h3-5,8H,6-7,14H2,1-2H3. The summed E-state index contributed by atoms with van der Waals surface area (Å²) in [6.07, 6.45) is 1.86. The van der Waals surface area contributed by atoms with Crippen LogP contribution in [0.5, 0.6) is 0 Å². The van der Waals surface area contributed by atoms with E-state index < -0.39 is 0 Å². The summed E-state index contributed by atoms with van der Waals surface area (Å²) in [7, 11) is 0. The van der Waals surface area contributed by atoms with Crippen molar-refractivity contribution in [2.75, 3.05) is 0 Å². The van der Waals surface area contributed by atoms with Crippen molar-refractivity contribution in [3.05, 3.63) is 35.4 Å². The lowest BCUT2D eigenvalue weighted by molar-refractivity contribution is 0.477. The Morgan fingerprint density at radius 2 is 2.14 bits per heavy atom. The van der Waals surface area contributed by atoms with Crippen LogP contribution in [-0.4, -0.2) is 5.54 Å². The van der Waals surface area contributed by atoms with Gasteiger partial charge < -0.3 is 5.73 Å². The van der Waals surface area contributed by atoms with E-state index >= 15 is 0 Å². The fourth-order valence-electron chi connectivity index (χ4n) is 1.26. The number of hydrogen-bond donors (Lipinski definition) is 1. The summed E-state index contributed by atoms with van der Waals surface area (Å²) in [5, 5.41) is 8.72. The van der Waals surface area contributed by atoms with Crippen molar-refractivity contribution < 1.29 is 0 Å². The van der Waals surface area contributed by atoms with Crippen LogP contribution < -0.4 is 5.73 Å². The summed E-state index contributed by atoms with van der Waals surface area (Å²) in [5.41, 5.74) is 7.66. The summed E-state index contributed by atoms with van der Waals surface area (Å²) in [4.78, 5) is 0. The molecular formula is C12H16N2. The van der Waals surface area contributed by atoms with Crippen molar-refractivity contribution in [2.24, 2.45) is 5.73 Å². The zero-order chi connectivity index (χ0) is 10.6. The average molecular weight is 188 g/mol. The SMILES string of the molecule is CC(C)(N)CCc1cccc(C#N)c1. The maximum Gasteiger partial charge on any atom is 0.0991 e. The molecule has 0 fully saturated rings. The Balaban J connectivity index is 2.65. The van der Waals surface area contributed by atoms with Crippen LogP contribution in [0.4, 0.5) is 0 Å². The number of nitrogens with two attached hydrogens (primary N) is 1. The van der Waals surface area contributed by atoms with E-state index in [1.165, 1.54) is 5.56 Å². The van der Waals surface area contributed by atoms with Crippen molar-refractivity contribution in [3.63, 3.8) is 0 Å². The van der Waals surface area contributed by atoms with Crippen molar-refractivity contribution in [3.8, 4) is 6.07 Å². The van der Waals surface area contributed by atoms with Crippen LogP contribution in [-0.2, 0) is 6.42 Å². The molecule has 0 bridgehead atoms. The van der Waals surface area contributed by atoms with Crippen LogP contribution in [0.2, 0.25) is 0 Å². The van der Waals surface area contributed by atoms with E-state index in [2.05, 4.69) is 6.07 Å². The molecule has 14 heavy (non-hydrogen) atoms. The number of benzene rings is 1. The number of hydrogen-bond acceptors (Lipinski definition) is 2. The molecule has 74 valence electrons.